The van der Waals surface area contributed by atoms with E-state index in [1.807, 2.05) is 25.1 Å². The molecule has 0 radical (unpaired) electrons. The fourth-order valence-electron chi connectivity index (χ4n) is 5.28. The normalized spacial score (nSPS) is 18.7. The molecule has 0 heterocycles. The predicted molar refractivity (Wildman–Crippen MR) is 131 cm³/mol. The van der Waals surface area contributed by atoms with Crippen LogP contribution in [0.4, 0.5) is 0 Å². The first-order valence-corrected chi connectivity index (χ1v) is 13.0. The minimum Gasteiger partial charge on any atom is -0.744 e. The van der Waals surface area contributed by atoms with E-state index in [9.17, 15) is 17.8 Å². The first-order valence-electron chi connectivity index (χ1n) is 11.6. The van der Waals surface area contributed by atoms with Gasteiger partial charge in [-0.05, 0) is 78.6 Å². The molecule has 4 aromatic rings. The molecule has 0 aliphatic heterocycles. The number of carboxylic acids is 1. The summed E-state index contributed by atoms with van der Waals surface area (Å²) in [5.74, 6) is -0.446. The number of carboxylic acid groups (broad SMARTS) is 1. The summed E-state index contributed by atoms with van der Waals surface area (Å²) in [6.45, 7) is 4.31. The third-order valence-corrected chi connectivity index (χ3v) is 7.86. The molecule has 1 fully saturated rings. The van der Waals surface area contributed by atoms with Crippen molar-refractivity contribution in [3.63, 3.8) is 0 Å². The maximum absolute atomic E-state index is 12.0. The van der Waals surface area contributed by atoms with E-state index in [1.54, 1.807) is 19.1 Å². The van der Waals surface area contributed by atoms with Crippen LogP contribution in [0.1, 0.15) is 30.4 Å². The minimum atomic E-state index is -4.64. The van der Waals surface area contributed by atoms with Crippen molar-refractivity contribution < 1.29 is 32.4 Å². The van der Waals surface area contributed by atoms with Crippen LogP contribution in [0.25, 0.3) is 32.3 Å². The monoisotopic (exact) mass is 496 g/mol. The molecule has 1 aliphatic carbocycles. The molecular formula is C26H26NO7S-. The van der Waals surface area contributed by atoms with Gasteiger partial charge >= 0.3 is 5.97 Å². The summed E-state index contributed by atoms with van der Waals surface area (Å²) in [5, 5.41) is 13.8. The van der Waals surface area contributed by atoms with Crippen molar-refractivity contribution in [1.82, 2.24) is 5.48 Å². The minimum absolute atomic E-state index is 0.0163. The van der Waals surface area contributed by atoms with Crippen molar-refractivity contribution in [2.24, 2.45) is 5.92 Å². The number of carbonyl (C=O) groups is 1. The molecule has 2 atom stereocenters. The van der Waals surface area contributed by atoms with Gasteiger partial charge in [0.05, 0.1) is 10.8 Å². The number of benzene rings is 4. The van der Waals surface area contributed by atoms with Gasteiger partial charge in [0.2, 0.25) is 0 Å². The molecule has 0 spiro atoms. The Morgan fingerprint density at radius 3 is 2.29 bits per heavy atom. The third kappa shape index (κ3) is 4.29. The number of aliphatic carboxylic acids is 1. The van der Waals surface area contributed by atoms with E-state index in [1.165, 1.54) is 6.07 Å². The highest BCUT2D eigenvalue weighted by Crippen LogP contribution is 2.43. The summed E-state index contributed by atoms with van der Waals surface area (Å²) in [6, 6.07) is 10.9. The van der Waals surface area contributed by atoms with Gasteiger partial charge in [0.1, 0.15) is 29.1 Å². The highest BCUT2D eigenvalue weighted by Gasteiger charge is 2.29. The van der Waals surface area contributed by atoms with Crippen LogP contribution < -0.4 is 10.2 Å². The van der Waals surface area contributed by atoms with Crippen LogP contribution >= 0.6 is 0 Å². The van der Waals surface area contributed by atoms with Gasteiger partial charge in [0.15, 0.2) is 0 Å². The molecule has 9 heteroatoms. The topological polar surface area (TPSA) is 125 Å². The second-order valence-electron chi connectivity index (χ2n) is 9.27. The smallest absolute Gasteiger partial charge is 0.306 e. The van der Waals surface area contributed by atoms with Gasteiger partial charge in [-0.25, -0.2) is 8.42 Å². The zero-order valence-electron chi connectivity index (χ0n) is 19.5. The number of hydrogen-bond donors (Lipinski definition) is 2. The predicted octanol–water partition coefficient (Wildman–Crippen LogP) is 4.26. The molecule has 0 bridgehead atoms. The van der Waals surface area contributed by atoms with Crippen molar-refractivity contribution in [2.75, 3.05) is 13.2 Å². The maximum atomic E-state index is 12.0. The summed E-state index contributed by atoms with van der Waals surface area (Å²) >= 11 is 0. The van der Waals surface area contributed by atoms with E-state index in [-0.39, 0.29) is 30.1 Å². The Balaban J connectivity index is 1.42. The van der Waals surface area contributed by atoms with Crippen molar-refractivity contribution in [2.45, 2.75) is 44.0 Å². The first-order chi connectivity index (χ1) is 16.6. The highest BCUT2D eigenvalue weighted by molar-refractivity contribution is 7.86. The lowest BCUT2D eigenvalue weighted by atomic mass is 9.90. The zero-order chi connectivity index (χ0) is 24.9. The molecule has 2 unspecified atom stereocenters. The summed E-state index contributed by atoms with van der Waals surface area (Å²) in [6.07, 6.45) is 1.95. The average molecular weight is 497 g/mol. The molecule has 0 saturated heterocycles. The van der Waals surface area contributed by atoms with Gasteiger partial charge in [-0.1, -0.05) is 18.2 Å². The van der Waals surface area contributed by atoms with Crippen molar-refractivity contribution in [1.29, 1.82) is 0 Å². The summed E-state index contributed by atoms with van der Waals surface area (Å²) in [7, 11) is -4.64. The molecule has 8 nitrogen and oxygen atoms in total. The highest BCUT2D eigenvalue weighted by atomic mass is 32.2. The van der Waals surface area contributed by atoms with Crippen LogP contribution in [0, 0.1) is 19.8 Å². The molecule has 5 rings (SSSR count). The van der Waals surface area contributed by atoms with Crippen molar-refractivity contribution >= 4 is 48.4 Å². The van der Waals surface area contributed by atoms with Gasteiger partial charge in [0.25, 0.3) is 0 Å². The summed E-state index contributed by atoms with van der Waals surface area (Å²) in [5.41, 5.74) is 4.63. The van der Waals surface area contributed by atoms with E-state index in [2.05, 4.69) is 5.48 Å². The van der Waals surface area contributed by atoms with E-state index in [0.717, 1.165) is 44.5 Å². The number of aryl methyl sites for hydroxylation is 2. The number of nitrogens with one attached hydrogen (secondary N) is 1. The number of hydroxylamine groups is 1. The zero-order valence-corrected chi connectivity index (χ0v) is 20.3. The van der Waals surface area contributed by atoms with Crippen LogP contribution in [-0.2, 0) is 19.8 Å². The van der Waals surface area contributed by atoms with Gasteiger partial charge < -0.3 is 14.4 Å². The summed E-state index contributed by atoms with van der Waals surface area (Å²) in [4.78, 5) is 16.4. The second-order valence-corrected chi connectivity index (χ2v) is 10.6. The van der Waals surface area contributed by atoms with Crippen molar-refractivity contribution in [3.8, 4) is 5.75 Å². The quantitative estimate of drug-likeness (QED) is 0.160. The molecular weight excluding hydrogens is 470 g/mol. The molecule has 2 N–H and O–H groups in total. The van der Waals surface area contributed by atoms with Crippen LogP contribution in [0.15, 0.2) is 41.3 Å². The number of rotatable bonds is 8. The van der Waals surface area contributed by atoms with Gasteiger partial charge in [-0.15, -0.1) is 0 Å². The van der Waals surface area contributed by atoms with E-state index >= 15 is 0 Å². The standard InChI is InChI=1S/C26H27NO7S/c1-14-11-22(33-9-10-34-27-17-4-3-16(13-17)26(28)29)20-7-8-21-23(35(30,31)32)12-15(2)19-6-5-18(14)24(20)25(19)21/h5-8,11-12,16-17,27H,3-4,9-10,13H2,1-2H3,(H,28,29)(H,30,31,32)/p-1. The van der Waals surface area contributed by atoms with Crippen LogP contribution in [-0.4, -0.2) is 43.3 Å². The first kappa shape index (κ1) is 23.7. The molecule has 4 aromatic carbocycles. The Bertz CT molecular complexity index is 1550. The van der Waals surface area contributed by atoms with Crippen molar-refractivity contribution in [3.05, 3.63) is 47.5 Å². The van der Waals surface area contributed by atoms with Crippen LogP contribution in [0.5, 0.6) is 5.75 Å². The lowest BCUT2D eigenvalue weighted by molar-refractivity contribution is -0.141. The Labute approximate surface area is 202 Å². The molecule has 184 valence electrons. The molecule has 35 heavy (non-hydrogen) atoms. The van der Waals surface area contributed by atoms with E-state index in [4.69, 9.17) is 14.7 Å². The lowest BCUT2D eigenvalue weighted by Gasteiger charge is -2.20. The second kappa shape index (κ2) is 8.91. The Kier molecular flexibility index (Phi) is 6.04. The largest absolute Gasteiger partial charge is 0.744 e. The third-order valence-electron chi connectivity index (χ3n) is 6.98. The molecule has 0 amide bonds. The fraction of sp³-hybridized carbons (Fsp3) is 0.346. The van der Waals surface area contributed by atoms with E-state index < -0.39 is 16.1 Å². The van der Waals surface area contributed by atoms with E-state index in [0.29, 0.717) is 24.0 Å². The molecule has 1 saturated carbocycles. The summed E-state index contributed by atoms with van der Waals surface area (Å²) < 4.78 is 42.0. The SMILES string of the molecule is Cc1cc(OCCONC2CCC(C(=O)O)C2)c2ccc3c(S(=O)(=O)[O-])cc(C)c4ccc1c2c43. The van der Waals surface area contributed by atoms with Crippen LogP contribution in [0.2, 0.25) is 0 Å². The molecule has 1 aliphatic rings. The van der Waals surface area contributed by atoms with Gasteiger partial charge in [-0.3, -0.25) is 9.63 Å². The number of ether oxygens (including phenoxy) is 1. The Hall–Kier alpha value is -2.98. The Morgan fingerprint density at radius 1 is 1.00 bits per heavy atom. The molecule has 0 aromatic heterocycles. The fourth-order valence-corrected chi connectivity index (χ4v) is 6.04. The average Bonchev–Trinajstić information content (AvgIpc) is 3.28. The Morgan fingerprint density at radius 2 is 1.63 bits per heavy atom. The van der Waals surface area contributed by atoms with Gasteiger partial charge in [-0.2, -0.15) is 5.48 Å². The lowest BCUT2D eigenvalue weighted by Crippen LogP contribution is -2.29. The number of hydrogen-bond acceptors (Lipinski definition) is 7. The van der Waals surface area contributed by atoms with Crippen LogP contribution in [0.3, 0.4) is 0 Å². The van der Waals surface area contributed by atoms with Gasteiger partial charge in [0, 0.05) is 22.2 Å². The maximum Gasteiger partial charge on any atom is 0.306 e.